The lowest BCUT2D eigenvalue weighted by atomic mass is 9.92. The SMILES string of the molecule is COCCOC1CCC(NC(=O)c2cc(-c3ccn(C)n3)nc(-n3ccnc3)c2)CC1. The third-order valence-corrected chi connectivity index (χ3v) is 5.47. The second kappa shape index (κ2) is 9.84. The molecule has 1 amide bonds. The lowest BCUT2D eigenvalue weighted by molar-refractivity contribution is -0.00408. The maximum absolute atomic E-state index is 13.1. The third-order valence-electron chi connectivity index (χ3n) is 5.47. The minimum atomic E-state index is -0.107. The van der Waals surface area contributed by atoms with Crippen molar-refractivity contribution in [3.63, 3.8) is 0 Å². The fourth-order valence-corrected chi connectivity index (χ4v) is 3.80. The maximum Gasteiger partial charge on any atom is 0.251 e. The number of nitrogens with one attached hydrogen (secondary N) is 1. The molecule has 0 aromatic carbocycles. The molecular formula is C22H28N6O3. The van der Waals surface area contributed by atoms with Gasteiger partial charge >= 0.3 is 0 Å². The van der Waals surface area contributed by atoms with E-state index in [0.717, 1.165) is 25.7 Å². The number of carbonyl (C=O) groups excluding carboxylic acids is 1. The number of ether oxygens (including phenoxy) is 2. The number of aromatic nitrogens is 5. The van der Waals surface area contributed by atoms with Crippen molar-refractivity contribution in [1.82, 2.24) is 29.6 Å². The molecule has 0 radical (unpaired) electrons. The second-order valence-electron chi connectivity index (χ2n) is 7.75. The predicted molar refractivity (Wildman–Crippen MR) is 115 cm³/mol. The van der Waals surface area contributed by atoms with Crippen LogP contribution in [0.2, 0.25) is 0 Å². The molecule has 0 aliphatic heterocycles. The van der Waals surface area contributed by atoms with Gasteiger partial charge in [-0.1, -0.05) is 0 Å². The van der Waals surface area contributed by atoms with E-state index in [0.29, 0.717) is 36.0 Å². The Labute approximate surface area is 181 Å². The van der Waals surface area contributed by atoms with Gasteiger partial charge in [-0.2, -0.15) is 5.10 Å². The number of hydrogen-bond acceptors (Lipinski definition) is 6. The molecule has 3 aromatic rings. The lowest BCUT2D eigenvalue weighted by Gasteiger charge is -2.29. The zero-order valence-corrected chi connectivity index (χ0v) is 17.9. The topological polar surface area (TPSA) is 96.1 Å². The molecule has 164 valence electrons. The summed E-state index contributed by atoms with van der Waals surface area (Å²) in [4.78, 5) is 21.8. The van der Waals surface area contributed by atoms with Gasteiger partial charge in [-0.3, -0.25) is 14.0 Å². The number of amides is 1. The van der Waals surface area contributed by atoms with Crippen LogP contribution < -0.4 is 5.32 Å². The maximum atomic E-state index is 13.1. The van der Waals surface area contributed by atoms with Crippen LogP contribution in [0.4, 0.5) is 0 Å². The minimum absolute atomic E-state index is 0.107. The van der Waals surface area contributed by atoms with E-state index in [1.165, 1.54) is 0 Å². The van der Waals surface area contributed by atoms with E-state index >= 15 is 0 Å². The van der Waals surface area contributed by atoms with Gasteiger partial charge in [0.15, 0.2) is 0 Å². The van der Waals surface area contributed by atoms with Gasteiger partial charge in [-0.05, 0) is 43.9 Å². The van der Waals surface area contributed by atoms with Crippen LogP contribution in [0.1, 0.15) is 36.0 Å². The molecule has 1 N–H and O–H groups in total. The number of pyridine rings is 1. The Morgan fingerprint density at radius 2 is 2.00 bits per heavy atom. The van der Waals surface area contributed by atoms with Crippen molar-refractivity contribution >= 4 is 5.91 Å². The van der Waals surface area contributed by atoms with Crippen LogP contribution in [-0.4, -0.2) is 62.7 Å². The number of carbonyl (C=O) groups is 1. The molecule has 31 heavy (non-hydrogen) atoms. The van der Waals surface area contributed by atoms with E-state index in [4.69, 9.17) is 9.47 Å². The first kappa shape index (κ1) is 21.2. The highest BCUT2D eigenvalue weighted by Crippen LogP contribution is 2.23. The summed E-state index contributed by atoms with van der Waals surface area (Å²) in [6.45, 7) is 1.22. The van der Waals surface area contributed by atoms with Crippen LogP contribution in [0.15, 0.2) is 43.1 Å². The summed E-state index contributed by atoms with van der Waals surface area (Å²) in [5.41, 5.74) is 1.91. The van der Waals surface area contributed by atoms with Crippen LogP contribution >= 0.6 is 0 Å². The summed E-state index contributed by atoms with van der Waals surface area (Å²) in [6.07, 6.45) is 10.9. The van der Waals surface area contributed by atoms with Crippen LogP contribution in [0.5, 0.6) is 0 Å². The Morgan fingerprint density at radius 1 is 1.16 bits per heavy atom. The monoisotopic (exact) mass is 424 g/mol. The molecular weight excluding hydrogens is 396 g/mol. The van der Waals surface area contributed by atoms with E-state index in [1.807, 2.05) is 19.3 Å². The number of hydrogen-bond donors (Lipinski definition) is 1. The Morgan fingerprint density at radius 3 is 2.68 bits per heavy atom. The molecule has 0 saturated heterocycles. The first-order valence-corrected chi connectivity index (χ1v) is 10.5. The first-order valence-electron chi connectivity index (χ1n) is 10.5. The quantitative estimate of drug-likeness (QED) is 0.558. The van der Waals surface area contributed by atoms with Gasteiger partial charge in [0.05, 0.1) is 25.0 Å². The van der Waals surface area contributed by atoms with Gasteiger partial charge in [0, 0.05) is 44.4 Å². The number of methoxy groups -OCH3 is 1. The smallest absolute Gasteiger partial charge is 0.251 e. The normalized spacial score (nSPS) is 18.8. The van der Waals surface area contributed by atoms with Crippen LogP contribution in [-0.2, 0) is 16.5 Å². The Hall–Kier alpha value is -3.04. The van der Waals surface area contributed by atoms with Gasteiger partial charge in [0.1, 0.15) is 17.8 Å². The van der Waals surface area contributed by atoms with Crippen molar-refractivity contribution in [2.45, 2.75) is 37.8 Å². The van der Waals surface area contributed by atoms with E-state index < -0.39 is 0 Å². The molecule has 1 aliphatic carbocycles. The predicted octanol–water partition coefficient (Wildman–Crippen LogP) is 2.37. The number of aryl methyl sites for hydroxylation is 1. The molecule has 0 unspecified atom stereocenters. The second-order valence-corrected chi connectivity index (χ2v) is 7.75. The van der Waals surface area contributed by atoms with Gasteiger partial charge in [0.2, 0.25) is 0 Å². The third kappa shape index (κ3) is 5.36. The summed E-state index contributed by atoms with van der Waals surface area (Å²) in [7, 11) is 3.53. The standard InChI is InChI=1S/C22H28N6O3/c1-27-9-7-19(26-27)20-13-16(14-21(25-20)28-10-8-23-15-28)22(29)24-17-3-5-18(6-4-17)31-12-11-30-2/h7-10,13-15,17-18H,3-6,11-12H2,1-2H3,(H,24,29). The van der Waals surface area contributed by atoms with E-state index in [9.17, 15) is 4.79 Å². The highest BCUT2D eigenvalue weighted by Gasteiger charge is 2.24. The van der Waals surface area contributed by atoms with E-state index in [-0.39, 0.29) is 18.1 Å². The molecule has 4 rings (SSSR count). The molecule has 9 heteroatoms. The van der Waals surface area contributed by atoms with Crippen LogP contribution in [0.3, 0.4) is 0 Å². The van der Waals surface area contributed by atoms with Gasteiger partial charge in [-0.25, -0.2) is 9.97 Å². The fourth-order valence-electron chi connectivity index (χ4n) is 3.80. The number of rotatable bonds is 8. The molecule has 9 nitrogen and oxygen atoms in total. The average molecular weight is 425 g/mol. The van der Waals surface area contributed by atoms with Gasteiger partial charge in [0.25, 0.3) is 5.91 Å². The summed E-state index contributed by atoms with van der Waals surface area (Å²) in [5.74, 6) is 0.519. The van der Waals surface area contributed by atoms with E-state index in [1.54, 1.807) is 47.2 Å². The molecule has 1 aliphatic rings. The van der Waals surface area contributed by atoms with Crippen molar-refractivity contribution in [2.75, 3.05) is 20.3 Å². The van der Waals surface area contributed by atoms with Crippen molar-refractivity contribution in [3.8, 4) is 17.2 Å². The van der Waals surface area contributed by atoms with Gasteiger partial charge < -0.3 is 14.8 Å². The molecule has 3 aromatic heterocycles. The van der Waals surface area contributed by atoms with Crippen LogP contribution in [0, 0.1) is 0 Å². The summed E-state index contributed by atoms with van der Waals surface area (Å²) in [6, 6.07) is 5.59. The Kier molecular flexibility index (Phi) is 6.73. The van der Waals surface area contributed by atoms with Crippen molar-refractivity contribution in [1.29, 1.82) is 0 Å². The van der Waals surface area contributed by atoms with E-state index in [2.05, 4.69) is 20.4 Å². The zero-order valence-electron chi connectivity index (χ0n) is 17.9. The largest absolute Gasteiger partial charge is 0.382 e. The van der Waals surface area contributed by atoms with Crippen molar-refractivity contribution in [2.24, 2.45) is 7.05 Å². The molecule has 1 fully saturated rings. The minimum Gasteiger partial charge on any atom is -0.382 e. The summed E-state index contributed by atoms with van der Waals surface area (Å²) < 4.78 is 14.4. The number of nitrogens with zero attached hydrogens (tertiary/aromatic N) is 5. The Balaban J connectivity index is 1.47. The highest BCUT2D eigenvalue weighted by molar-refractivity contribution is 5.95. The first-order chi connectivity index (χ1) is 15.1. The molecule has 3 heterocycles. The average Bonchev–Trinajstić information content (AvgIpc) is 3.47. The number of imidazole rings is 1. The Bertz CT molecular complexity index is 993. The zero-order chi connectivity index (χ0) is 21.6. The van der Waals surface area contributed by atoms with Crippen LogP contribution in [0.25, 0.3) is 17.2 Å². The lowest BCUT2D eigenvalue weighted by Crippen LogP contribution is -2.39. The molecule has 1 saturated carbocycles. The molecule has 0 bridgehead atoms. The van der Waals surface area contributed by atoms with Crippen molar-refractivity contribution < 1.29 is 14.3 Å². The molecule has 0 atom stereocenters. The van der Waals surface area contributed by atoms with Crippen molar-refractivity contribution in [3.05, 3.63) is 48.7 Å². The molecule has 0 spiro atoms. The summed E-state index contributed by atoms with van der Waals surface area (Å²) >= 11 is 0. The summed E-state index contributed by atoms with van der Waals surface area (Å²) in [5, 5.41) is 7.62. The highest BCUT2D eigenvalue weighted by atomic mass is 16.5. The fraction of sp³-hybridized carbons (Fsp3) is 0.455. The van der Waals surface area contributed by atoms with Gasteiger partial charge in [-0.15, -0.1) is 0 Å².